The van der Waals surface area contributed by atoms with Crippen molar-refractivity contribution in [3.63, 3.8) is 0 Å². The third kappa shape index (κ3) is 3.27. The standard InChI is InChI=1S/C11H15FN4O7S/c12-7-3-6(7)9(17)13-14-10(18)8-2-1-5-4-15(8)11(19)16(5)23-24(20,21)22/h5-8H,1-4H2,(H,13,17)(H,14,18)(H,20,21,22)/t5-,6?,7?,8+/m1/s1. The predicted octanol–water partition coefficient (Wildman–Crippen LogP) is -1.51. The van der Waals surface area contributed by atoms with Crippen molar-refractivity contribution in [2.45, 2.75) is 37.5 Å². The number of carbonyl (C=O) groups excluding carboxylic acids is 3. The Labute approximate surface area is 136 Å². The number of rotatable bonds is 4. The van der Waals surface area contributed by atoms with Gasteiger partial charge in [0.1, 0.15) is 12.2 Å². The molecule has 2 bridgehead atoms. The van der Waals surface area contributed by atoms with Gasteiger partial charge in [-0.15, -0.1) is 4.28 Å². The lowest BCUT2D eigenvalue weighted by molar-refractivity contribution is -0.132. The summed E-state index contributed by atoms with van der Waals surface area (Å²) in [5, 5.41) is 0.513. The smallest absolute Gasteiger partial charge is 0.309 e. The molecule has 0 aromatic heterocycles. The number of hydrogen-bond donors (Lipinski definition) is 3. The second kappa shape index (κ2) is 5.82. The number of nitrogens with zero attached hydrogens (tertiary/aromatic N) is 2. The molecule has 134 valence electrons. The van der Waals surface area contributed by atoms with E-state index in [0.29, 0.717) is 5.06 Å². The summed E-state index contributed by atoms with van der Waals surface area (Å²) >= 11 is 0. The van der Waals surface area contributed by atoms with Gasteiger partial charge in [-0.2, -0.15) is 13.5 Å². The van der Waals surface area contributed by atoms with Gasteiger partial charge < -0.3 is 4.90 Å². The number of hydrazine groups is 1. The highest BCUT2D eigenvalue weighted by Crippen LogP contribution is 2.33. The van der Waals surface area contributed by atoms with Crippen LogP contribution < -0.4 is 10.9 Å². The SMILES string of the molecule is O=C(NNC(=O)[C@@H]1CC[C@@H]2CN1C(=O)N2OS(=O)(=O)O)C1CC1F. The van der Waals surface area contributed by atoms with Crippen molar-refractivity contribution in [2.24, 2.45) is 5.92 Å². The number of halogens is 1. The molecule has 3 N–H and O–H groups in total. The normalized spacial score (nSPS) is 31.8. The van der Waals surface area contributed by atoms with E-state index in [-0.39, 0.29) is 25.8 Å². The molecule has 2 saturated heterocycles. The monoisotopic (exact) mass is 366 g/mol. The molecule has 11 nitrogen and oxygen atoms in total. The number of nitrogens with one attached hydrogen (secondary N) is 2. The lowest BCUT2D eigenvalue weighted by atomic mass is 10.0. The summed E-state index contributed by atoms with van der Waals surface area (Å²) in [6, 6.07) is -2.44. The molecule has 2 unspecified atom stereocenters. The van der Waals surface area contributed by atoms with Crippen LogP contribution in [0.5, 0.6) is 0 Å². The lowest BCUT2D eigenvalue weighted by Crippen LogP contribution is -2.54. The van der Waals surface area contributed by atoms with Crippen LogP contribution in [0.3, 0.4) is 0 Å². The van der Waals surface area contributed by atoms with E-state index in [9.17, 15) is 27.2 Å². The molecule has 1 aliphatic carbocycles. The zero-order chi connectivity index (χ0) is 17.6. The number of alkyl halides is 1. The minimum absolute atomic E-state index is 0.0373. The van der Waals surface area contributed by atoms with Crippen LogP contribution in [-0.2, 0) is 24.3 Å². The van der Waals surface area contributed by atoms with Gasteiger partial charge in [0.2, 0.25) is 5.91 Å². The highest BCUT2D eigenvalue weighted by molar-refractivity contribution is 7.80. The largest absolute Gasteiger partial charge is 0.418 e. The molecule has 4 amide bonds. The molecule has 0 aromatic rings. The molecule has 4 atom stereocenters. The zero-order valence-electron chi connectivity index (χ0n) is 12.2. The summed E-state index contributed by atoms with van der Waals surface area (Å²) in [6.45, 7) is 0.0373. The number of carbonyl (C=O) groups is 3. The van der Waals surface area contributed by atoms with Gasteiger partial charge in [-0.05, 0) is 19.3 Å². The number of piperidine rings is 1. The predicted molar refractivity (Wildman–Crippen MR) is 72.7 cm³/mol. The Bertz CT molecular complexity index is 686. The van der Waals surface area contributed by atoms with Gasteiger partial charge in [-0.1, -0.05) is 0 Å². The van der Waals surface area contributed by atoms with E-state index in [1.54, 1.807) is 0 Å². The van der Waals surface area contributed by atoms with E-state index < -0.39 is 52.4 Å². The van der Waals surface area contributed by atoms with Crippen LogP contribution >= 0.6 is 0 Å². The first kappa shape index (κ1) is 16.9. The Morgan fingerprint density at radius 3 is 2.46 bits per heavy atom. The summed E-state index contributed by atoms with van der Waals surface area (Å²) in [4.78, 5) is 36.8. The average molecular weight is 366 g/mol. The number of hydroxylamine groups is 2. The highest BCUT2D eigenvalue weighted by Gasteiger charge is 2.49. The van der Waals surface area contributed by atoms with E-state index in [1.165, 1.54) is 0 Å². The van der Waals surface area contributed by atoms with Gasteiger partial charge >= 0.3 is 16.4 Å². The number of amides is 4. The number of hydrogen-bond acceptors (Lipinski definition) is 6. The van der Waals surface area contributed by atoms with Gasteiger partial charge in [0.25, 0.3) is 5.91 Å². The van der Waals surface area contributed by atoms with Crippen LogP contribution in [0.2, 0.25) is 0 Å². The first-order valence-electron chi connectivity index (χ1n) is 7.18. The molecule has 0 radical (unpaired) electrons. The van der Waals surface area contributed by atoms with Crippen molar-refractivity contribution >= 4 is 28.2 Å². The van der Waals surface area contributed by atoms with E-state index in [2.05, 4.69) is 15.1 Å². The third-order valence-corrected chi connectivity index (χ3v) is 4.51. The van der Waals surface area contributed by atoms with Gasteiger partial charge in [0, 0.05) is 6.54 Å². The maximum absolute atomic E-state index is 12.7. The fraction of sp³-hybridized carbons (Fsp3) is 0.727. The molecule has 2 aliphatic heterocycles. The maximum atomic E-state index is 12.7. The minimum atomic E-state index is -4.86. The average Bonchev–Trinajstić information content (AvgIpc) is 3.20. The fourth-order valence-corrected chi connectivity index (χ4v) is 3.23. The van der Waals surface area contributed by atoms with Crippen molar-refractivity contribution in [1.29, 1.82) is 0 Å². The first-order chi connectivity index (χ1) is 11.2. The summed E-state index contributed by atoms with van der Waals surface area (Å²) in [6.07, 6.45) is -0.625. The maximum Gasteiger partial charge on any atom is 0.418 e. The third-order valence-electron chi connectivity index (χ3n) is 4.16. The van der Waals surface area contributed by atoms with Crippen LogP contribution in [0, 0.1) is 5.92 Å². The second-order valence-electron chi connectivity index (χ2n) is 5.85. The topological polar surface area (TPSA) is 145 Å². The second-order valence-corrected chi connectivity index (χ2v) is 6.85. The van der Waals surface area contributed by atoms with Crippen LogP contribution in [0.1, 0.15) is 19.3 Å². The zero-order valence-corrected chi connectivity index (χ0v) is 13.0. The molecule has 1 saturated carbocycles. The molecule has 0 spiro atoms. The van der Waals surface area contributed by atoms with Crippen molar-refractivity contribution in [3.05, 3.63) is 0 Å². The number of urea groups is 1. The summed E-state index contributed by atoms with van der Waals surface area (Å²) in [7, 11) is -4.86. The summed E-state index contributed by atoms with van der Waals surface area (Å²) in [5.74, 6) is -2.10. The first-order valence-corrected chi connectivity index (χ1v) is 8.54. The molecule has 13 heteroatoms. The summed E-state index contributed by atoms with van der Waals surface area (Å²) in [5.41, 5.74) is 4.23. The Kier molecular flexibility index (Phi) is 4.09. The van der Waals surface area contributed by atoms with Gasteiger partial charge in [-0.3, -0.25) is 25.0 Å². The van der Waals surface area contributed by atoms with Crippen molar-refractivity contribution in [2.75, 3.05) is 6.54 Å². The van der Waals surface area contributed by atoms with Crippen LogP contribution in [0.25, 0.3) is 0 Å². The molecular weight excluding hydrogens is 351 g/mol. The van der Waals surface area contributed by atoms with Gasteiger partial charge in [-0.25, -0.2) is 9.18 Å². The van der Waals surface area contributed by atoms with Crippen LogP contribution in [-0.4, -0.2) is 65.6 Å². The van der Waals surface area contributed by atoms with E-state index in [1.807, 2.05) is 0 Å². The molecule has 3 rings (SSSR count). The van der Waals surface area contributed by atoms with Crippen molar-refractivity contribution in [1.82, 2.24) is 20.8 Å². The quantitative estimate of drug-likeness (QED) is 0.405. The molecule has 3 fully saturated rings. The van der Waals surface area contributed by atoms with Crippen LogP contribution in [0.15, 0.2) is 0 Å². The Hall–Kier alpha value is -1.99. The van der Waals surface area contributed by atoms with Crippen LogP contribution in [0.4, 0.5) is 9.18 Å². The molecule has 24 heavy (non-hydrogen) atoms. The lowest BCUT2D eigenvalue weighted by Gasteiger charge is -2.29. The molecule has 3 aliphatic rings. The molecular formula is C11H15FN4O7S. The van der Waals surface area contributed by atoms with Gasteiger partial charge in [0.05, 0.1) is 12.0 Å². The fourth-order valence-electron chi connectivity index (χ4n) is 2.84. The Morgan fingerprint density at radius 2 is 1.88 bits per heavy atom. The van der Waals surface area contributed by atoms with Crippen molar-refractivity contribution < 1.29 is 36.0 Å². The van der Waals surface area contributed by atoms with E-state index in [0.717, 1.165) is 4.90 Å². The van der Waals surface area contributed by atoms with E-state index >= 15 is 0 Å². The number of fused-ring (bicyclic) bond motifs is 2. The minimum Gasteiger partial charge on any atom is -0.309 e. The Morgan fingerprint density at radius 1 is 1.25 bits per heavy atom. The Balaban J connectivity index is 1.59. The summed E-state index contributed by atoms with van der Waals surface area (Å²) < 4.78 is 47.2. The molecule has 0 aromatic carbocycles. The molecule has 2 heterocycles. The van der Waals surface area contributed by atoms with E-state index in [4.69, 9.17) is 4.55 Å². The van der Waals surface area contributed by atoms with Gasteiger partial charge in [0.15, 0.2) is 0 Å². The highest BCUT2D eigenvalue weighted by atomic mass is 32.3. The van der Waals surface area contributed by atoms with Crippen molar-refractivity contribution in [3.8, 4) is 0 Å².